The maximum Gasteiger partial charge on any atom is 0.207 e. The molecule has 0 saturated heterocycles. The average molecular weight is 270 g/mol. The van der Waals surface area contributed by atoms with Gasteiger partial charge in [0.05, 0.1) is 21.4 Å². The number of hydrogen-bond donors (Lipinski definition) is 1. The summed E-state index contributed by atoms with van der Waals surface area (Å²) in [4.78, 5) is 4.35. The highest BCUT2D eigenvalue weighted by molar-refractivity contribution is 6.39. The molecule has 0 fully saturated rings. The summed E-state index contributed by atoms with van der Waals surface area (Å²) in [6.45, 7) is 3.87. The predicted octanol–water partition coefficient (Wildman–Crippen LogP) is 4.09. The van der Waals surface area contributed by atoms with Gasteiger partial charge >= 0.3 is 0 Å². The second kappa shape index (κ2) is 4.59. The lowest BCUT2D eigenvalue weighted by Gasteiger charge is -2.11. The van der Waals surface area contributed by atoms with E-state index in [9.17, 15) is 0 Å². The highest BCUT2D eigenvalue weighted by atomic mass is 35.5. The summed E-state index contributed by atoms with van der Waals surface area (Å²) in [7, 11) is 1.92. The molecule has 1 heterocycles. The predicted molar refractivity (Wildman–Crippen MR) is 72.4 cm³/mol. The first-order valence-electron chi connectivity index (χ1n) is 5.20. The zero-order valence-corrected chi connectivity index (χ0v) is 11.4. The van der Waals surface area contributed by atoms with Gasteiger partial charge < -0.3 is 9.88 Å². The smallest absolute Gasteiger partial charge is 0.207 e. The summed E-state index contributed by atoms with van der Waals surface area (Å²) in [5.74, 6) is 0.719. The van der Waals surface area contributed by atoms with Crippen molar-refractivity contribution in [1.29, 1.82) is 0 Å². The standard InChI is InChI=1S/C12H13Cl2N3/c1-7-4-5-9(13)11(10(7)14)16-12-15-8(2)6-17(12)3/h4-6H,1-3H3,(H,15,16). The molecule has 2 rings (SSSR count). The van der Waals surface area contributed by atoms with Crippen molar-refractivity contribution in [3.8, 4) is 0 Å². The SMILES string of the molecule is Cc1cn(C)c(Nc2c(Cl)ccc(C)c2Cl)n1. The third-order valence-corrected chi connectivity index (χ3v) is 3.32. The largest absolute Gasteiger partial charge is 0.323 e. The van der Waals surface area contributed by atoms with Gasteiger partial charge in [0.25, 0.3) is 0 Å². The van der Waals surface area contributed by atoms with Crippen LogP contribution in [0.25, 0.3) is 0 Å². The van der Waals surface area contributed by atoms with Gasteiger partial charge in [0.2, 0.25) is 5.95 Å². The first-order chi connectivity index (χ1) is 7.99. The van der Waals surface area contributed by atoms with Crippen LogP contribution in [0.1, 0.15) is 11.3 Å². The Morgan fingerprint density at radius 2 is 1.94 bits per heavy atom. The van der Waals surface area contributed by atoms with Gasteiger partial charge in [0.15, 0.2) is 0 Å². The molecule has 5 heteroatoms. The summed E-state index contributed by atoms with van der Waals surface area (Å²) >= 11 is 12.4. The van der Waals surface area contributed by atoms with E-state index in [1.165, 1.54) is 0 Å². The van der Waals surface area contributed by atoms with Crippen LogP contribution in [0.3, 0.4) is 0 Å². The zero-order valence-electron chi connectivity index (χ0n) is 9.88. The van der Waals surface area contributed by atoms with Crippen molar-refractivity contribution in [3.05, 3.63) is 39.6 Å². The molecule has 17 heavy (non-hydrogen) atoms. The maximum absolute atomic E-state index is 6.22. The van der Waals surface area contributed by atoms with Crippen LogP contribution in [-0.4, -0.2) is 9.55 Å². The van der Waals surface area contributed by atoms with Gasteiger partial charge in [0.1, 0.15) is 0 Å². The quantitative estimate of drug-likeness (QED) is 0.890. The number of imidazole rings is 1. The lowest BCUT2D eigenvalue weighted by atomic mass is 10.2. The van der Waals surface area contributed by atoms with Crippen molar-refractivity contribution in [3.63, 3.8) is 0 Å². The Labute approximate surface area is 110 Å². The second-order valence-corrected chi connectivity index (χ2v) is 4.78. The first kappa shape index (κ1) is 12.3. The molecule has 0 saturated carbocycles. The van der Waals surface area contributed by atoms with E-state index >= 15 is 0 Å². The normalized spacial score (nSPS) is 10.6. The molecule has 0 aliphatic heterocycles. The van der Waals surface area contributed by atoms with Gasteiger partial charge in [-0.1, -0.05) is 29.3 Å². The van der Waals surface area contributed by atoms with Crippen LogP contribution in [0.2, 0.25) is 10.0 Å². The fourth-order valence-electron chi connectivity index (χ4n) is 1.62. The molecule has 0 bridgehead atoms. The molecule has 90 valence electrons. The van der Waals surface area contributed by atoms with Crippen LogP contribution in [0.15, 0.2) is 18.3 Å². The van der Waals surface area contributed by atoms with Gasteiger partial charge in [-0.2, -0.15) is 0 Å². The molecule has 0 aliphatic rings. The topological polar surface area (TPSA) is 29.9 Å². The van der Waals surface area contributed by atoms with E-state index in [0.717, 1.165) is 17.2 Å². The molecule has 1 aromatic heterocycles. The molecule has 3 nitrogen and oxygen atoms in total. The van der Waals surface area contributed by atoms with Crippen LogP contribution >= 0.6 is 23.2 Å². The number of halogens is 2. The van der Waals surface area contributed by atoms with Crippen molar-refractivity contribution in [2.75, 3.05) is 5.32 Å². The monoisotopic (exact) mass is 269 g/mol. The average Bonchev–Trinajstić information content (AvgIpc) is 2.58. The van der Waals surface area contributed by atoms with E-state index < -0.39 is 0 Å². The Morgan fingerprint density at radius 3 is 2.53 bits per heavy atom. The summed E-state index contributed by atoms with van der Waals surface area (Å²) < 4.78 is 1.89. The van der Waals surface area contributed by atoms with Crippen LogP contribution in [0.5, 0.6) is 0 Å². The van der Waals surface area contributed by atoms with E-state index in [2.05, 4.69) is 10.3 Å². The Kier molecular flexibility index (Phi) is 3.31. The second-order valence-electron chi connectivity index (χ2n) is 4.00. The molecular formula is C12H13Cl2N3. The molecule has 0 amide bonds. The minimum atomic E-state index is 0.584. The first-order valence-corrected chi connectivity index (χ1v) is 5.96. The number of hydrogen-bond acceptors (Lipinski definition) is 2. The number of aryl methyl sites for hydroxylation is 3. The van der Waals surface area contributed by atoms with Gasteiger partial charge in [0, 0.05) is 13.2 Å². The third-order valence-electron chi connectivity index (χ3n) is 2.52. The fraction of sp³-hybridized carbons (Fsp3) is 0.250. The number of rotatable bonds is 2. The molecule has 2 aromatic rings. The molecular weight excluding hydrogens is 257 g/mol. The van der Waals surface area contributed by atoms with Crippen molar-refractivity contribution in [2.45, 2.75) is 13.8 Å². The third kappa shape index (κ3) is 2.40. The van der Waals surface area contributed by atoms with E-state index in [1.54, 1.807) is 0 Å². The minimum Gasteiger partial charge on any atom is -0.323 e. The Morgan fingerprint density at radius 1 is 1.24 bits per heavy atom. The highest BCUT2D eigenvalue weighted by Gasteiger charge is 2.11. The summed E-state index contributed by atoms with van der Waals surface area (Å²) in [5, 5.41) is 4.37. The molecule has 0 aliphatic carbocycles. The zero-order chi connectivity index (χ0) is 12.6. The van der Waals surface area contributed by atoms with Gasteiger partial charge in [-0.25, -0.2) is 4.98 Å². The summed E-state index contributed by atoms with van der Waals surface area (Å²) in [6, 6.07) is 3.71. The van der Waals surface area contributed by atoms with Crippen LogP contribution < -0.4 is 5.32 Å². The number of nitrogens with one attached hydrogen (secondary N) is 1. The van der Waals surface area contributed by atoms with Crippen LogP contribution in [0.4, 0.5) is 11.6 Å². The van der Waals surface area contributed by atoms with E-state index in [1.807, 2.05) is 43.8 Å². The molecule has 0 radical (unpaired) electrons. The minimum absolute atomic E-state index is 0.584. The lowest BCUT2D eigenvalue weighted by molar-refractivity contribution is 0.923. The van der Waals surface area contributed by atoms with Gasteiger partial charge in [-0.3, -0.25) is 0 Å². The Balaban J connectivity index is 2.43. The van der Waals surface area contributed by atoms with E-state index in [4.69, 9.17) is 23.2 Å². The lowest BCUT2D eigenvalue weighted by Crippen LogP contribution is -2.00. The number of anilines is 2. The van der Waals surface area contributed by atoms with Crippen LogP contribution in [-0.2, 0) is 7.05 Å². The number of benzene rings is 1. The Hall–Kier alpha value is -1.19. The molecule has 1 aromatic carbocycles. The van der Waals surface area contributed by atoms with Crippen molar-refractivity contribution in [2.24, 2.45) is 7.05 Å². The number of nitrogens with zero attached hydrogens (tertiary/aromatic N) is 2. The van der Waals surface area contributed by atoms with Gasteiger partial charge in [-0.05, 0) is 25.5 Å². The van der Waals surface area contributed by atoms with Crippen molar-refractivity contribution < 1.29 is 0 Å². The molecule has 0 spiro atoms. The molecule has 1 N–H and O–H groups in total. The van der Waals surface area contributed by atoms with E-state index in [-0.39, 0.29) is 0 Å². The highest BCUT2D eigenvalue weighted by Crippen LogP contribution is 2.34. The van der Waals surface area contributed by atoms with Crippen LogP contribution in [0, 0.1) is 13.8 Å². The maximum atomic E-state index is 6.22. The molecule has 0 unspecified atom stereocenters. The fourth-order valence-corrected chi connectivity index (χ4v) is 2.08. The van der Waals surface area contributed by atoms with Crippen molar-refractivity contribution in [1.82, 2.24) is 9.55 Å². The number of aromatic nitrogens is 2. The van der Waals surface area contributed by atoms with Gasteiger partial charge in [-0.15, -0.1) is 0 Å². The Bertz CT molecular complexity index is 561. The summed E-state index contributed by atoms with van der Waals surface area (Å²) in [5.41, 5.74) is 2.61. The van der Waals surface area contributed by atoms with E-state index in [0.29, 0.717) is 15.7 Å². The molecule has 0 atom stereocenters. The van der Waals surface area contributed by atoms with Crippen molar-refractivity contribution >= 4 is 34.8 Å². The summed E-state index contributed by atoms with van der Waals surface area (Å²) in [6.07, 6.45) is 1.93.